The molecule has 0 aliphatic carbocycles. The van der Waals surface area contributed by atoms with E-state index in [2.05, 4.69) is 42.1 Å². The van der Waals surface area contributed by atoms with Gasteiger partial charge in [0.15, 0.2) is 0 Å². The number of halogens is 1. The van der Waals surface area contributed by atoms with Crippen LogP contribution in [0, 0.1) is 5.82 Å². The zero-order chi connectivity index (χ0) is 18.1. The molecule has 0 radical (unpaired) electrons. The highest BCUT2D eigenvalue weighted by Crippen LogP contribution is 2.30. The molecular formula is C22H21FN2O. The van der Waals surface area contributed by atoms with Crippen LogP contribution in [0.1, 0.15) is 17.5 Å². The number of nitrogens with zero attached hydrogens (tertiary/aromatic N) is 2. The van der Waals surface area contributed by atoms with E-state index in [9.17, 15) is 9.18 Å². The minimum Gasteiger partial charge on any atom is -0.350 e. The third-order valence-electron chi connectivity index (χ3n) is 5.05. The first-order valence-corrected chi connectivity index (χ1v) is 8.87. The molecule has 0 unspecified atom stereocenters. The molecule has 0 N–H and O–H groups in total. The standard InChI is InChI=1S/C22H21FN2O/c1-24-15-20(19-7-2-3-8-21(19)24)17-9-11-25(12-10-17)22(26)14-16-5-4-6-18(23)13-16/h2-9,13,15H,10-12,14H2,1H3. The van der Waals surface area contributed by atoms with Gasteiger partial charge >= 0.3 is 0 Å². The summed E-state index contributed by atoms with van der Waals surface area (Å²) >= 11 is 0. The second kappa shape index (κ2) is 6.79. The van der Waals surface area contributed by atoms with Crippen molar-refractivity contribution in [3.05, 3.63) is 77.7 Å². The van der Waals surface area contributed by atoms with Crippen LogP contribution in [-0.4, -0.2) is 28.5 Å². The highest BCUT2D eigenvalue weighted by molar-refractivity contribution is 5.93. The molecule has 0 saturated heterocycles. The molecule has 1 amide bonds. The lowest BCUT2D eigenvalue weighted by Crippen LogP contribution is -2.35. The molecule has 1 aliphatic rings. The highest BCUT2D eigenvalue weighted by Gasteiger charge is 2.20. The van der Waals surface area contributed by atoms with Crippen molar-refractivity contribution >= 4 is 22.4 Å². The fourth-order valence-corrected chi connectivity index (χ4v) is 3.67. The lowest BCUT2D eigenvalue weighted by atomic mass is 9.98. The molecule has 2 heterocycles. The van der Waals surface area contributed by atoms with Crippen LogP contribution in [0.25, 0.3) is 16.5 Å². The molecule has 4 heteroatoms. The van der Waals surface area contributed by atoms with Gasteiger partial charge in [-0.15, -0.1) is 0 Å². The predicted molar refractivity (Wildman–Crippen MR) is 102 cm³/mol. The Bertz CT molecular complexity index is 1000. The lowest BCUT2D eigenvalue weighted by Gasteiger charge is -2.26. The first-order chi connectivity index (χ1) is 12.6. The molecule has 0 saturated carbocycles. The van der Waals surface area contributed by atoms with E-state index in [4.69, 9.17) is 0 Å². The molecule has 1 aliphatic heterocycles. The van der Waals surface area contributed by atoms with Gasteiger partial charge < -0.3 is 9.47 Å². The van der Waals surface area contributed by atoms with Crippen LogP contribution in [-0.2, 0) is 18.3 Å². The monoisotopic (exact) mass is 348 g/mol. The Morgan fingerprint density at radius 3 is 2.77 bits per heavy atom. The van der Waals surface area contributed by atoms with Gasteiger partial charge in [0.05, 0.1) is 6.42 Å². The fourth-order valence-electron chi connectivity index (χ4n) is 3.67. The maximum atomic E-state index is 13.3. The number of hydrogen-bond donors (Lipinski definition) is 0. The van der Waals surface area contributed by atoms with Crippen molar-refractivity contribution in [1.29, 1.82) is 0 Å². The number of aromatic nitrogens is 1. The molecule has 26 heavy (non-hydrogen) atoms. The molecule has 0 atom stereocenters. The van der Waals surface area contributed by atoms with Gasteiger partial charge in [0.2, 0.25) is 5.91 Å². The van der Waals surface area contributed by atoms with Gasteiger partial charge in [-0.05, 0) is 35.8 Å². The Hall–Kier alpha value is -2.88. The van der Waals surface area contributed by atoms with Crippen LogP contribution in [0.5, 0.6) is 0 Å². The Morgan fingerprint density at radius 2 is 2.00 bits per heavy atom. The summed E-state index contributed by atoms with van der Waals surface area (Å²) in [5, 5.41) is 1.25. The van der Waals surface area contributed by atoms with E-state index < -0.39 is 0 Å². The van der Waals surface area contributed by atoms with Crippen molar-refractivity contribution in [2.24, 2.45) is 7.05 Å². The van der Waals surface area contributed by atoms with Gasteiger partial charge in [-0.3, -0.25) is 4.79 Å². The highest BCUT2D eigenvalue weighted by atomic mass is 19.1. The van der Waals surface area contributed by atoms with Gasteiger partial charge in [-0.2, -0.15) is 0 Å². The number of carbonyl (C=O) groups excluding carboxylic acids is 1. The van der Waals surface area contributed by atoms with Crippen molar-refractivity contribution < 1.29 is 9.18 Å². The summed E-state index contributed by atoms with van der Waals surface area (Å²) in [5.74, 6) is -0.254. The van der Waals surface area contributed by atoms with Gasteiger partial charge in [-0.1, -0.05) is 36.4 Å². The zero-order valence-electron chi connectivity index (χ0n) is 14.8. The van der Waals surface area contributed by atoms with Crippen LogP contribution >= 0.6 is 0 Å². The summed E-state index contributed by atoms with van der Waals surface area (Å²) in [7, 11) is 2.06. The Morgan fingerprint density at radius 1 is 1.15 bits per heavy atom. The van der Waals surface area contributed by atoms with E-state index in [1.165, 1.54) is 34.2 Å². The molecule has 3 aromatic rings. The first-order valence-electron chi connectivity index (χ1n) is 8.87. The number of para-hydroxylation sites is 1. The second-order valence-corrected chi connectivity index (χ2v) is 6.80. The fraction of sp³-hybridized carbons (Fsp3) is 0.227. The molecular weight excluding hydrogens is 327 g/mol. The van der Waals surface area contributed by atoms with E-state index in [0.717, 1.165) is 12.0 Å². The van der Waals surface area contributed by atoms with Crippen molar-refractivity contribution in [2.75, 3.05) is 13.1 Å². The van der Waals surface area contributed by atoms with Gasteiger partial charge in [0, 0.05) is 42.8 Å². The summed E-state index contributed by atoms with van der Waals surface area (Å²) in [5.41, 5.74) is 4.48. The number of rotatable bonds is 3. The Labute approximate surface area is 152 Å². The number of hydrogen-bond acceptors (Lipinski definition) is 1. The maximum Gasteiger partial charge on any atom is 0.227 e. The summed E-state index contributed by atoms with van der Waals surface area (Å²) in [6, 6.07) is 14.6. The lowest BCUT2D eigenvalue weighted by molar-refractivity contribution is -0.130. The first kappa shape index (κ1) is 16.6. The van der Waals surface area contributed by atoms with Gasteiger partial charge in [0.1, 0.15) is 5.82 Å². The third-order valence-corrected chi connectivity index (χ3v) is 5.05. The number of aryl methyl sites for hydroxylation is 1. The van der Waals surface area contributed by atoms with Crippen molar-refractivity contribution in [2.45, 2.75) is 12.8 Å². The van der Waals surface area contributed by atoms with Crippen LogP contribution in [0.15, 0.2) is 60.8 Å². The molecule has 0 fully saturated rings. The van der Waals surface area contributed by atoms with E-state index in [-0.39, 0.29) is 18.1 Å². The zero-order valence-corrected chi connectivity index (χ0v) is 14.8. The van der Waals surface area contributed by atoms with Crippen molar-refractivity contribution in [1.82, 2.24) is 9.47 Å². The summed E-state index contributed by atoms with van der Waals surface area (Å²) < 4.78 is 15.4. The molecule has 0 bridgehead atoms. The van der Waals surface area contributed by atoms with Gasteiger partial charge in [0.25, 0.3) is 0 Å². The summed E-state index contributed by atoms with van der Waals surface area (Å²) in [6.45, 7) is 1.30. The largest absolute Gasteiger partial charge is 0.350 e. The van der Waals surface area contributed by atoms with Crippen LogP contribution in [0.3, 0.4) is 0 Å². The van der Waals surface area contributed by atoms with Crippen LogP contribution in [0.4, 0.5) is 4.39 Å². The minimum absolute atomic E-state index is 0.0452. The maximum absolute atomic E-state index is 13.3. The minimum atomic E-state index is -0.299. The average Bonchev–Trinajstić information content (AvgIpc) is 2.99. The van der Waals surface area contributed by atoms with Crippen molar-refractivity contribution in [3.8, 4) is 0 Å². The normalized spacial score (nSPS) is 14.5. The number of benzene rings is 2. The topological polar surface area (TPSA) is 25.2 Å². The van der Waals surface area contributed by atoms with Crippen LogP contribution < -0.4 is 0 Å². The molecule has 2 aromatic carbocycles. The van der Waals surface area contributed by atoms with Crippen molar-refractivity contribution in [3.63, 3.8) is 0 Å². The quantitative estimate of drug-likeness (QED) is 0.697. The Balaban J connectivity index is 1.50. The molecule has 3 nitrogen and oxygen atoms in total. The molecule has 0 spiro atoms. The third kappa shape index (κ3) is 3.15. The summed E-state index contributed by atoms with van der Waals surface area (Å²) in [4.78, 5) is 14.4. The smallest absolute Gasteiger partial charge is 0.227 e. The van der Waals surface area contributed by atoms with Crippen LogP contribution in [0.2, 0.25) is 0 Å². The van der Waals surface area contributed by atoms with E-state index >= 15 is 0 Å². The summed E-state index contributed by atoms with van der Waals surface area (Å²) in [6.07, 6.45) is 5.40. The van der Waals surface area contributed by atoms with E-state index in [1.54, 1.807) is 12.1 Å². The van der Waals surface area contributed by atoms with Gasteiger partial charge in [-0.25, -0.2) is 4.39 Å². The molecule has 132 valence electrons. The van der Waals surface area contributed by atoms with E-state index in [0.29, 0.717) is 13.1 Å². The number of carbonyl (C=O) groups is 1. The SMILES string of the molecule is Cn1cc(C2=CCN(C(=O)Cc3cccc(F)c3)CC2)c2ccccc21. The second-order valence-electron chi connectivity index (χ2n) is 6.80. The van der Waals surface area contributed by atoms with E-state index in [1.807, 2.05) is 11.0 Å². The number of amides is 1. The Kier molecular flexibility index (Phi) is 4.33. The number of fused-ring (bicyclic) bond motifs is 1. The average molecular weight is 348 g/mol. The predicted octanol–water partition coefficient (Wildman–Crippen LogP) is 4.18. The molecule has 1 aromatic heterocycles. The molecule has 4 rings (SSSR count).